The molecule has 2 aliphatic heterocycles. The fourth-order valence-corrected chi connectivity index (χ4v) is 7.69. The molecule has 5 heterocycles. The molecular weight excluding hydrogens is 588 g/mol. The highest BCUT2D eigenvalue weighted by atomic mass is 16.5. The van der Waals surface area contributed by atoms with E-state index in [4.69, 9.17) is 9.47 Å². The van der Waals surface area contributed by atoms with E-state index < -0.39 is 5.92 Å². The van der Waals surface area contributed by atoms with Crippen LogP contribution in [0.15, 0.2) is 30.1 Å². The van der Waals surface area contributed by atoms with E-state index in [0.717, 1.165) is 79.1 Å². The van der Waals surface area contributed by atoms with Crippen LogP contribution in [-0.4, -0.2) is 40.6 Å². The van der Waals surface area contributed by atoms with Crippen LogP contribution in [0.3, 0.4) is 0 Å². The van der Waals surface area contributed by atoms with Crippen LogP contribution in [0.25, 0.3) is 29.9 Å². The van der Waals surface area contributed by atoms with Gasteiger partial charge < -0.3 is 29.7 Å². The number of ether oxygens (including phenoxy) is 2. The average Bonchev–Trinajstić information content (AvgIpc) is 3.81. The average molecular weight is 635 g/mol. The number of hydrogen-bond acceptors (Lipinski definition) is 5. The third-order valence-corrected chi connectivity index (χ3v) is 10.5. The minimum absolute atomic E-state index is 0.0446. The van der Waals surface area contributed by atoms with E-state index in [0.29, 0.717) is 12.8 Å². The van der Waals surface area contributed by atoms with Crippen LogP contribution < -0.4 is 16.0 Å². The molecule has 246 valence electrons. The van der Waals surface area contributed by atoms with Crippen LogP contribution >= 0.6 is 0 Å². The van der Waals surface area contributed by atoms with Gasteiger partial charge in [0.2, 0.25) is 0 Å². The number of aromatic nitrogens is 3. The normalized spacial score (nSPS) is 23.8. The highest BCUT2D eigenvalue weighted by molar-refractivity contribution is 5.94. The lowest BCUT2D eigenvalue weighted by Crippen LogP contribution is -2.21. The van der Waals surface area contributed by atoms with E-state index >= 15 is 0 Å². The molecule has 0 amide bonds. The van der Waals surface area contributed by atoms with Gasteiger partial charge in [-0.05, 0) is 93.0 Å². The first-order valence-electron chi connectivity index (χ1n) is 16.7. The first-order chi connectivity index (χ1) is 22.6. The second-order valence-electron chi connectivity index (χ2n) is 12.9. The molecule has 1 aliphatic carbocycles. The molecule has 0 spiro atoms. The summed E-state index contributed by atoms with van der Waals surface area (Å²) in [6.07, 6.45) is 14.4. The van der Waals surface area contributed by atoms with Gasteiger partial charge in [-0.15, -0.1) is 0 Å². The van der Waals surface area contributed by atoms with E-state index in [1.807, 2.05) is 25.2 Å². The summed E-state index contributed by atoms with van der Waals surface area (Å²) in [4.78, 5) is 37.3. The molecule has 3 aromatic heterocycles. The Morgan fingerprint density at radius 2 is 1.74 bits per heavy atom. The van der Waals surface area contributed by atoms with Gasteiger partial charge >= 0.3 is 11.9 Å². The third kappa shape index (κ3) is 5.53. The Morgan fingerprint density at radius 3 is 2.45 bits per heavy atom. The van der Waals surface area contributed by atoms with Crippen molar-refractivity contribution in [2.24, 2.45) is 17.8 Å². The number of hydrogen-bond donors (Lipinski definition) is 4. The second-order valence-corrected chi connectivity index (χ2v) is 12.9. The predicted octanol–water partition coefficient (Wildman–Crippen LogP) is 5.63. The fourth-order valence-electron chi connectivity index (χ4n) is 7.69. The Balaban J connectivity index is 1.61. The summed E-state index contributed by atoms with van der Waals surface area (Å²) in [7, 11) is 1.45. The Bertz CT molecular complexity index is 1990. The maximum Gasteiger partial charge on any atom is 0.313 e. The summed E-state index contributed by atoms with van der Waals surface area (Å²) in [5.41, 5.74) is 13.8. The molecule has 0 saturated carbocycles. The summed E-state index contributed by atoms with van der Waals surface area (Å²) in [6, 6.07) is 0. The molecule has 47 heavy (non-hydrogen) atoms. The molecule has 3 aromatic rings. The predicted molar refractivity (Wildman–Crippen MR) is 187 cm³/mol. The number of carbonyl (C=O) groups excluding carboxylic acids is 2. The number of methoxy groups -OCH3 is 1. The minimum Gasteiger partial charge on any atom is -0.469 e. The molecule has 8 bridgehead atoms. The number of aromatic amines is 3. The Hall–Kier alpha value is -4.72. The summed E-state index contributed by atoms with van der Waals surface area (Å²) < 4.78 is 10.8. The van der Waals surface area contributed by atoms with Gasteiger partial charge in [0, 0.05) is 74.3 Å². The van der Waals surface area contributed by atoms with Crippen LogP contribution in [0.2, 0.25) is 0 Å². The molecule has 0 unspecified atom stereocenters. The van der Waals surface area contributed by atoms with E-state index in [1.165, 1.54) is 18.2 Å². The number of carbonyl (C=O) groups is 2. The Morgan fingerprint density at radius 1 is 1.00 bits per heavy atom. The van der Waals surface area contributed by atoms with Gasteiger partial charge in [-0.25, -0.2) is 0 Å². The standard InChI is InChI=1S/C39H46N4O4/c1-9-12-15-47-35(44)14-13-26-22(6)31-17-29-20(4)24(10-2)33(40-29)18-30-21(5)25(11-3)34(41-30)19-32-23(7)27-16-28(39(45)46-8)36(37(26)42-31)38(27)43-32/h9-10,12,17-19,22,26,28,40-43H,2,11,13-16H2,1,3-8H3/b12-9-,30-18-,31-17-,34-19-,37-36-/t22-,26-,28-/m0/s1. The van der Waals surface area contributed by atoms with Crippen molar-refractivity contribution in [3.8, 4) is 0 Å². The summed E-state index contributed by atoms with van der Waals surface area (Å²) in [6.45, 7) is 17.1. The molecule has 6 rings (SSSR count). The quantitative estimate of drug-likeness (QED) is 0.190. The van der Waals surface area contributed by atoms with Gasteiger partial charge in [0.25, 0.3) is 0 Å². The molecule has 1 fully saturated rings. The molecule has 3 atom stereocenters. The second kappa shape index (κ2) is 12.8. The molecule has 8 heteroatoms. The van der Waals surface area contributed by atoms with Gasteiger partial charge in [0.1, 0.15) is 6.61 Å². The zero-order chi connectivity index (χ0) is 33.6. The monoisotopic (exact) mass is 634 g/mol. The number of fused-ring (bicyclic) bond motifs is 7. The lowest BCUT2D eigenvalue weighted by Gasteiger charge is -2.20. The molecule has 3 aliphatic rings. The van der Waals surface area contributed by atoms with E-state index in [9.17, 15) is 9.59 Å². The van der Waals surface area contributed by atoms with Gasteiger partial charge in [0.15, 0.2) is 0 Å². The summed E-state index contributed by atoms with van der Waals surface area (Å²) in [5.74, 6) is -0.958. The highest BCUT2D eigenvalue weighted by Gasteiger charge is 2.43. The summed E-state index contributed by atoms with van der Waals surface area (Å²) >= 11 is 0. The van der Waals surface area contributed by atoms with E-state index in [1.54, 1.807) is 0 Å². The zero-order valence-corrected chi connectivity index (χ0v) is 28.6. The van der Waals surface area contributed by atoms with Gasteiger partial charge in [-0.3, -0.25) is 9.59 Å². The van der Waals surface area contributed by atoms with Crippen LogP contribution in [0.5, 0.6) is 0 Å². The van der Waals surface area contributed by atoms with Crippen LogP contribution in [0, 0.1) is 38.5 Å². The molecular formula is C39H46N4O4. The molecule has 4 N–H and O–H groups in total. The minimum atomic E-state index is -0.461. The molecule has 8 nitrogen and oxygen atoms in total. The number of nitrogens with one attached hydrogen (secondary N) is 4. The zero-order valence-electron chi connectivity index (χ0n) is 28.6. The van der Waals surface area contributed by atoms with Crippen molar-refractivity contribution in [2.75, 3.05) is 13.7 Å². The van der Waals surface area contributed by atoms with Crippen molar-refractivity contribution >= 4 is 41.8 Å². The van der Waals surface area contributed by atoms with Crippen LogP contribution in [0.1, 0.15) is 89.8 Å². The lowest BCUT2D eigenvalue weighted by atomic mass is 9.85. The van der Waals surface area contributed by atoms with Crippen molar-refractivity contribution in [1.82, 2.24) is 20.3 Å². The van der Waals surface area contributed by atoms with Crippen molar-refractivity contribution in [1.29, 1.82) is 0 Å². The number of esters is 2. The first kappa shape index (κ1) is 32.2. The fraction of sp³-hybridized carbons (Fsp3) is 0.385. The Labute approximate surface area is 276 Å². The third-order valence-electron chi connectivity index (χ3n) is 10.5. The van der Waals surface area contributed by atoms with E-state index in [-0.39, 0.29) is 36.8 Å². The smallest absolute Gasteiger partial charge is 0.313 e. The maximum absolute atomic E-state index is 13.4. The van der Waals surface area contributed by atoms with Crippen molar-refractivity contribution in [3.05, 3.63) is 97.0 Å². The summed E-state index contributed by atoms with van der Waals surface area (Å²) in [5, 5.41) is 5.91. The van der Waals surface area contributed by atoms with E-state index in [2.05, 4.69) is 79.7 Å². The number of rotatable bonds is 8. The molecule has 0 aromatic carbocycles. The maximum atomic E-state index is 13.4. The number of H-pyrrole nitrogens is 3. The van der Waals surface area contributed by atoms with Gasteiger partial charge in [-0.1, -0.05) is 38.7 Å². The molecule has 0 radical (unpaired) electrons. The highest BCUT2D eigenvalue weighted by Crippen LogP contribution is 2.48. The Kier molecular flexibility index (Phi) is 8.79. The number of allylic oxidation sites excluding steroid dienone is 3. The lowest BCUT2D eigenvalue weighted by molar-refractivity contribution is -0.144. The van der Waals surface area contributed by atoms with Crippen molar-refractivity contribution in [3.63, 3.8) is 0 Å². The van der Waals surface area contributed by atoms with Crippen LogP contribution in [-0.2, 0) is 31.9 Å². The largest absolute Gasteiger partial charge is 0.469 e. The topological polar surface area (TPSA) is 112 Å². The van der Waals surface area contributed by atoms with Crippen molar-refractivity contribution in [2.45, 2.75) is 67.2 Å². The SMILES string of the molecule is C=Cc1c2[nH]c(c1C)/C=C1\N/C(=C3\c4[nH]c(c(C)c4C[C@@H]3C(=O)OC)/C=c3\[nH]/c(c(C)c3CC)=C\2)[C@@H](CCC(=O)OC/C=C\C)[C@@H]1C. The van der Waals surface area contributed by atoms with Crippen molar-refractivity contribution < 1.29 is 19.1 Å². The van der Waals surface area contributed by atoms with Gasteiger partial charge in [-0.2, -0.15) is 0 Å². The molecule has 1 saturated heterocycles. The van der Waals surface area contributed by atoms with Crippen LogP contribution in [0.4, 0.5) is 0 Å². The van der Waals surface area contributed by atoms with Gasteiger partial charge in [0.05, 0.1) is 13.0 Å². The first-order valence-corrected chi connectivity index (χ1v) is 16.7.